The molecule has 6 nitrogen and oxygen atoms in total. The zero-order valence-electron chi connectivity index (χ0n) is 16.7. The molecule has 0 radical (unpaired) electrons. The fourth-order valence-electron chi connectivity index (χ4n) is 2.89. The van der Waals surface area contributed by atoms with E-state index in [0.717, 1.165) is 17.7 Å². The minimum atomic E-state index is -4.42. The number of hydrogen-bond donors (Lipinski definition) is 2. The van der Waals surface area contributed by atoms with Crippen LogP contribution in [0.15, 0.2) is 48.5 Å². The molecule has 0 fully saturated rings. The van der Waals surface area contributed by atoms with Crippen LogP contribution in [0.5, 0.6) is 0 Å². The Kier molecular flexibility index (Phi) is 6.35. The molecule has 10 heteroatoms. The summed E-state index contributed by atoms with van der Waals surface area (Å²) in [5.74, 6) is -0.0900. The summed E-state index contributed by atoms with van der Waals surface area (Å²) in [4.78, 5) is 22.4. The van der Waals surface area contributed by atoms with Crippen LogP contribution in [-0.2, 0) is 17.4 Å². The molecule has 0 aliphatic carbocycles. The Bertz CT molecular complexity index is 1080. The minimum Gasteiger partial charge on any atom is -0.382 e. The maximum atomic E-state index is 12.8. The van der Waals surface area contributed by atoms with Crippen LogP contribution in [0.25, 0.3) is 0 Å². The Morgan fingerprint density at radius 2 is 1.84 bits per heavy atom. The molecule has 31 heavy (non-hydrogen) atoms. The lowest BCUT2D eigenvalue weighted by atomic mass is 10.1. The van der Waals surface area contributed by atoms with Crippen molar-refractivity contribution >= 4 is 40.6 Å². The number of benzene rings is 2. The summed E-state index contributed by atoms with van der Waals surface area (Å²) in [7, 11) is 1.61. The Morgan fingerprint density at radius 1 is 1.16 bits per heavy atom. The van der Waals surface area contributed by atoms with Gasteiger partial charge in [0.1, 0.15) is 5.69 Å². The molecule has 0 aliphatic heterocycles. The zero-order valence-corrected chi connectivity index (χ0v) is 17.4. The number of hydrogen-bond acceptors (Lipinski definition) is 5. The maximum absolute atomic E-state index is 12.8. The van der Waals surface area contributed by atoms with Gasteiger partial charge in [-0.2, -0.15) is 18.2 Å². The lowest BCUT2D eigenvalue weighted by Crippen LogP contribution is -2.20. The first-order chi connectivity index (χ1) is 14.5. The predicted molar refractivity (Wildman–Crippen MR) is 114 cm³/mol. The summed E-state index contributed by atoms with van der Waals surface area (Å²) in [6, 6.07) is 11.5. The fraction of sp³-hybridized carbons (Fsp3) is 0.190. The average molecular weight is 450 g/mol. The van der Waals surface area contributed by atoms with Gasteiger partial charge in [0.05, 0.1) is 17.7 Å². The molecule has 0 atom stereocenters. The van der Waals surface area contributed by atoms with Crippen molar-refractivity contribution in [1.82, 2.24) is 9.97 Å². The van der Waals surface area contributed by atoms with Crippen molar-refractivity contribution in [2.75, 3.05) is 23.0 Å². The van der Waals surface area contributed by atoms with E-state index in [0.29, 0.717) is 16.4 Å². The highest BCUT2D eigenvalue weighted by Gasteiger charge is 2.30. The number of aromatic nitrogens is 2. The quantitative estimate of drug-likeness (QED) is 0.573. The smallest absolute Gasteiger partial charge is 0.382 e. The molecule has 162 valence electrons. The Morgan fingerprint density at radius 3 is 2.42 bits per heavy atom. The summed E-state index contributed by atoms with van der Waals surface area (Å²) >= 11 is 5.94. The third-order valence-electron chi connectivity index (χ3n) is 4.51. The van der Waals surface area contributed by atoms with Crippen molar-refractivity contribution in [2.45, 2.75) is 19.5 Å². The van der Waals surface area contributed by atoms with E-state index in [1.807, 2.05) is 0 Å². The number of nitrogen functional groups attached to an aromatic ring is 1. The van der Waals surface area contributed by atoms with Crippen molar-refractivity contribution in [3.63, 3.8) is 0 Å². The summed E-state index contributed by atoms with van der Waals surface area (Å²) in [5.41, 5.74) is 7.15. The van der Waals surface area contributed by atoms with E-state index < -0.39 is 11.7 Å². The molecule has 1 heterocycles. The molecule has 0 spiro atoms. The molecule has 1 aromatic heterocycles. The van der Waals surface area contributed by atoms with Crippen LogP contribution >= 0.6 is 11.6 Å². The molecule has 0 unspecified atom stereocenters. The number of nitrogens with one attached hydrogen (secondary N) is 1. The highest BCUT2D eigenvalue weighted by Crippen LogP contribution is 2.32. The van der Waals surface area contributed by atoms with Gasteiger partial charge in [-0.3, -0.25) is 4.79 Å². The van der Waals surface area contributed by atoms with Crippen LogP contribution in [0.2, 0.25) is 5.02 Å². The van der Waals surface area contributed by atoms with Gasteiger partial charge < -0.3 is 16.0 Å². The number of rotatable bonds is 5. The topological polar surface area (TPSA) is 84.1 Å². The molecule has 0 aliphatic rings. The standard InChI is InChI=1S/C21H19ClF3N5O/c1-12-18(28-17(31)11-13-4-3-5-15(22)10-13)19(26)29-20(27-12)30(2)16-8-6-14(7-9-16)21(23,24)25/h3-10H,11H2,1-2H3,(H,28,31)(H2,26,27,29). The van der Waals surface area contributed by atoms with Crippen molar-refractivity contribution in [2.24, 2.45) is 0 Å². The van der Waals surface area contributed by atoms with Crippen molar-refractivity contribution in [1.29, 1.82) is 0 Å². The van der Waals surface area contributed by atoms with E-state index in [4.69, 9.17) is 17.3 Å². The molecule has 1 amide bonds. The molecule has 0 bridgehead atoms. The first-order valence-corrected chi connectivity index (χ1v) is 9.52. The number of anilines is 4. The highest BCUT2D eigenvalue weighted by atomic mass is 35.5. The molecule has 3 rings (SSSR count). The van der Waals surface area contributed by atoms with E-state index in [2.05, 4.69) is 15.3 Å². The highest BCUT2D eigenvalue weighted by molar-refractivity contribution is 6.30. The maximum Gasteiger partial charge on any atom is 0.416 e. The Hall–Kier alpha value is -3.33. The average Bonchev–Trinajstić information content (AvgIpc) is 2.69. The molecule has 3 aromatic rings. The second-order valence-electron chi connectivity index (χ2n) is 6.83. The molecule has 3 N–H and O–H groups in total. The van der Waals surface area contributed by atoms with E-state index in [9.17, 15) is 18.0 Å². The monoisotopic (exact) mass is 449 g/mol. The third kappa shape index (κ3) is 5.43. The van der Waals surface area contributed by atoms with E-state index >= 15 is 0 Å². The Balaban J connectivity index is 1.77. The van der Waals surface area contributed by atoms with Crippen LogP contribution in [0.4, 0.5) is 36.3 Å². The van der Waals surface area contributed by atoms with Gasteiger partial charge in [0.2, 0.25) is 11.9 Å². The summed E-state index contributed by atoms with van der Waals surface area (Å²) < 4.78 is 38.3. The van der Waals surface area contributed by atoms with Gasteiger partial charge >= 0.3 is 6.18 Å². The van der Waals surface area contributed by atoms with Gasteiger partial charge in [0.15, 0.2) is 5.82 Å². The number of carbonyl (C=O) groups excluding carboxylic acids is 1. The van der Waals surface area contributed by atoms with Gasteiger partial charge in [-0.1, -0.05) is 23.7 Å². The van der Waals surface area contributed by atoms with E-state index in [1.165, 1.54) is 17.0 Å². The number of carbonyl (C=O) groups is 1. The lowest BCUT2D eigenvalue weighted by Gasteiger charge is -2.20. The van der Waals surface area contributed by atoms with Gasteiger partial charge in [-0.25, -0.2) is 4.98 Å². The van der Waals surface area contributed by atoms with Crippen LogP contribution < -0.4 is 16.0 Å². The van der Waals surface area contributed by atoms with Crippen LogP contribution in [-0.4, -0.2) is 22.9 Å². The number of alkyl halides is 3. The van der Waals surface area contributed by atoms with Gasteiger partial charge in [0, 0.05) is 17.8 Å². The first-order valence-electron chi connectivity index (χ1n) is 9.14. The lowest BCUT2D eigenvalue weighted by molar-refractivity contribution is -0.137. The summed E-state index contributed by atoms with van der Waals surface area (Å²) in [6.07, 6.45) is -4.33. The molecule has 0 saturated carbocycles. The van der Waals surface area contributed by atoms with Crippen molar-refractivity contribution in [3.8, 4) is 0 Å². The fourth-order valence-corrected chi connectivity index (χ4v) is 3.10. The van der Waals surface area contributed by atoms with Gasteiger partial charge in [0.25, 0.3) is 0 Å². The number of nitrogens with two attached hydrogens (primary N) is 1. The Labute approximate surface area is 181 Å². The summed E-state index contributed by atoms with van der Waals surface area (Å²) in [6.45, 7) is 1.65. The van der Waals surface area contributed by atoms with E-state index in [1.54, 1.807) is 38.2 Å². The molecular formula is C21H19ClF3N5O. The first kappa shape index (κ1) is 22.4. The SMILES string of the molecule is Cc1nc(N(C)c2ccc(C(F)(F)F)cc2)nc(N)c1NC(=O)Cc1cccc(Cl)c1. The van der Waals surface area contributed by atoms with Crippen LogP contribution in [0.3, 0.4) is 0 Å². The largest absolute Gasteiger partial charge is 0.416 e. The number of aryl methyl sites for hydroxylation is 1. The van der Waals surface area contributed by atoms with Crippen molar-refractivity contribution < 1.29 is 18.0 Å². The summed E-state index contributed by atoms with van der Waals surface area (Å²) in [5, 5.41) is 3.23. The van der Waals surface area contributed by atoms with Gasteiger partial charge in [-0.05, 0) is 48.9 Å². The van der Waals surface area contributed by atoms with E-state index in [-0.39, 0.29) is 29.8 Å². The second kappa shape index (κ2) is 8.81. The minimum absolute atomic E-state index is 0.0423. The third-order valence-corrected chi connectivity index (χ3v) is 4.74. The van der Waals surface area contributed by atoms with Crippen LogP contribution in [0, 0.1) is 6.92 Å². The molecule has 2 aromatic carbocycles. The molecule has 0 saturated heterocycles. The number of halogens is 4. The second-order valence-corrected chi connectivity index (χ2v) is 7.26. The number of amides is 1. The molecular weight excluding hydrogens is 431 g/mol. The normalized spacial score (nSPS) is 11.3. The zero-order chi connectivity index (χ0) is 22.8. The number of nitrogens with zero attached hydrogens (tertiary/aromatic N) is 3. The van der Waals surface area contributed by atoms with Gasteiger partial charge in [-0.15, -0.1) is 0 Å². The predicted octanol–water partition coefficient (Wildman–Crippen LogP) is 4.99. The van der Waals surface area contributed by atoms with Crippen LogP contribution in [0.1, 0.15) is 16.8 Å². The van der Waals surface area contributed by atoms with Crippen molar-refractivity contribution in [3.05, 3.63) is 70.4 Å².